The molecule has 0 aromatic heterocycles. The number of halogens is 1. The van der Waals surface area contributed by atoms with Gasteiger partial charge in [-0.15, -0.1) is 0 Å². The van der Waals surface area contributed by atoms with Gasteiger partial charge in [0.25, 0.3) is 0 Å². The number of anilines is 1. The van der Waals surface area contributed by atoms with Gasteiger partial charge in [-0.2, -0.15) is 0 Å². The normalized spacial score (nSPS) is 16.3. The topological polar surface area (TPSA) is 60.9 Å². The molecule has 0 spiro atoms. The van der Waals surface area contributed by atoms with Crippen molar-refractivity contribution in [2.24, 2.45) is 5.92 Å². The maximum Gasteiger partial charge on any atom is 0.303 e. The van der Waals surface area contributed by atoms with Gasteiger partial charge in [-0.1, -0.05) is 18.5 Å². The number of hydrogen-bond donors (Lipinski definition) is 1. The molecule has 1 aromatic rings. The Morgan fingerprint density at radius 3 is 2.35 bits per heavy atom. The SMILES string of the molecule is CC(CCC(=O)N1CCN(c2ccc(Cl)cc2)CC1)CC(=O)O. The zero-order valence-corrected chi connectivity index (χ0v) is 14.1. The zero-order valence-electron chi connectivity index (χ0n) is 13.4. The second kappa shape index (κ2) is 8.20. The maximum atomic E-state index is 12.2. The van der Waals surface area contributed by atoms with Crippen molar-refractivity contribution in [2.45, 2.75) is 26.2 Å². The van der Waals surface area contributed by atoms with Gasteiger partial charge >= 0.3 is 5.97 Å². The number of carbonyl (C=O) groups is 2. The number of nitrogens with zero attached hydrogens (tertiary/aromatic N) is 2. The smallest absolute Gasteiger partial charge is 0.303 e. The van der Waals surface area contributed by atoms with Crippen LogP contribution in [0.5, 0.6) is 0 Å². The van der Waals surface area contributed by atoms with Crippen molar-refractivity contribution in [2.75, 3.05) is 31.1 Å². The summed E-state index contributed by atoms with van der Waals surface area (Å²) in [6.07, 6.45) is 1.18. The quantitative estimate of drug-likeness (QED) is 0.866. The van der Waals surface area contributed by atoms with Gasteiger partial charge < -0.3 is 14.9 Å². The van der Waals surface area contributed by atoms with E-state index in [4.69, 9.17) is 16.7 Å². The van der Waals surface area contributed by atoms with Crippen molar-refractivity contribution in [1.29, 1.82) is 0 Å². The van der Waals surface area contributed by atoms with Crippen molar-refractivity contribution >= 4 is 29.2 Å². The molecule has 0 radical (unpaired) electrons. The van der Waals surface area contributed by atoms with Crippen LogP contribution in [-0.4, -0.2) is 48.1 Å². The first kappa shape index (κ1) is 17.6. The maximum absolute atomic E-state index is 12.2. The molecule has 0 aliphatic carbocycles. The van der Waals surface area contributed by atoms with Gasteiger partial charge in [0.15, 0.2) is 0 Å². The van der Waals surface area contributed by atoms with Gasteiger partial charge in [0.2, 0.25) is 5.91 Å². The van der Waals surface area contributed by atoms with Crippen LogP contribution in [0.3, 0.4) is 0 Å². The lowest BCUT2D eigenvalue weighted by Gasteiger charge is -2.36. The van der Waals surface area contributed by atoms with E-state index in [-0.39, 0.29) is 18.2 Å². The van der Waals surface area contributed by atoms with E-state index >= 15 is 0 Å². The third-order valence-corrected chi connectivity index (χ3v) is 4.45. The number of aliphatic carboxylic acids is 1. The molecule has 0 saturated carbocycles. The van der Waals surface area contributed by atoms with Crippen LogP contribution in [0.15, 0.2) is 24.3 Å². The minimum absolute atomic E-state index is 0.0341. The Hall–Kier alpha value is -1.75. The average molecular weight is 339 g/mol. The van der Waals surface area contributed by atoms with E-state index in [0.29, 0.717) is 25.9 Å². The number of rotatable bonds is 6. The molecule has 6 heteroatoms. The molecule has 1 heterocycles. The fourth-order valence-corrected chi connectivity index (χ4v) is 2.92. The summed E-state index contributed by atoms with van der Waals surface area (Å²) in [5.74, 6) is -0.647. The summed E-state index contributed by atoms with van der Waals surface area (Å²) in [7, 11) is 0. The lowest BCUT2D eigenvalue weighted by atomic mass is 10.0. The van der Waals surface area contributed by atoms with E-state index in [0.717, 1.165) is 23.8 Å². The Morgan fingerprint density at radius 2 is 1.78 bits per heavy atom. The van der Waals surface area contributed by atoms with Gasteiger partial charge in [0.05, 0.1) is 0 Å². The Balaban J connectivity index is 1.76. The highest BCUT2D eigenvalue weighted by Crippen LogP contribution is 2.20. The number of amides is 1. The summed E-state index contributed by atoms with van der Waals surface area (Å²) in [5.41, 5.74) is 1.12. The molecule has 1 fully saturated rings. The molecule has 1 aliphatic rings. The van der Waals surface area contributed by atoms with Gasteiger partial charge in [-0.05, 0) is 36.6 Å². The number of piperazine rings is 1. The van der Waals surface area contributed by atoms with Crippen molar-refractivity contribution in [3.63, 3.8) is 0 Å². The first-order valence-electron chi connectivity index (χ1n) is 7.96. The molecule has 1 saturated heterocycles. The van der Waals surface area contributed by atoms with E-state index < -0.39 is 5.97 Å². The molecule has 2 rings (SSSR count). The van der Waals surface area contributed by atoms with Crippen LogP contribution in [0.2, 0.25) is 5.02 Å². The Labute approximate surface area is 141 Å². The van der Waals surface area contributed by atoms with Gasteiger partial charge in [0.1, 0.15) is 0 Å². The number of carboxylic acid groups (broad SMARTS) is 1. The Morgan fingerprint density at radius 1 is 1.17 bits per heavy atom. The van der Waals surface area contributed by atoms with Crippen molar-refractivity contribution < 1.29 is 14.7 Å². The molecule has 0 bridgehead atoms. The summed E-state index contributed by atoms with van der Waals surface area (Å²) in [6, 6.07) is 7.73. The highest BCUT2D eigenvalue weighted by atomic mass is 35.5. The van der Waals surface area contributed by atoms with Gasteiger partial charge in [-0.3, -0.25) is 9.59 Å². The van der Waals surface area contributed by atoms with Crippen LogP contribution >= 0.6 is 11.6 Å². The predicted octanol–water partition coefficient (Wildman–Crippen LogP) is 2.88. The highest BCUT2D eigenvalue weighted by Gasteiger charge is 2.21. The molecule has 1 amide bonds. The fourth-order valence-electron chi connectivity index (χ4n) is 2.79. The third-order valence-electron chi connectivity index (χ3n) is 4.20. The molecule has 1 aliphatic heterocycles. The fraction of sp³-hybridized carbons (Fsp3) is 0.529. The first-order chi connectivity index (χ1) is 11.0. The van der Waals surface area contributed by atoms with Crippen LogP contribution < -0.4 is 4.90 Å². The lowest BCUT2D eigenvalue weighted by Crippen LogP contribution is -2.48. The Bertz CT molecular complexity index is 539. The van der Waals surface area contributed by atoms with Crippen molar-refractivity contribution in [3.05, 3.63) is 29.3 Å². The first-order valence-corrected chi connectivity index (χ1v) is 8.33. The summed E-state index contributed by atoms with van der Waals surface area (Å²) >= 11 is 5.90. The van der Waals surface area contributed by atoms with E-state index in [1.54, 1.807) is 0 Å². The predicted molar refractivity (Wildman–Crippen MR) is 90.9 cm³/mol. The monoisotopic (exact) mass is 338 g/mol. The second-order valence-electron chi connectivity index (χ2n) is 6.09. The van der Waals surface area contributed by atoms with Crippen LogP contribution in [0.1, 0.15) is 26.2 Å². The Kier molecular flexibility index (Phi) is 6.28. The van der Waals surface area contributed by atoms with Crippen molar-refractivity contribution in [1.82, 2.24) is 4.90 Å². The summed E-state index contributed by atoms with van der Waals surface area (Å²) in [6.45, 7) is 4.89. The molecule has 5 nitrogen and oxygen atoms in total. The lowest BCUT2D eigenvalue weighted by molar-refractivity contribution is -0.138. The highest BCUT2D eigenvalue weighted by molar-refractivity contribution is 6.30. The van der Waals surface area contributed by atoms with Gasteiger partial charge in [0, 0.05) is 49.7 Å². The number of benzene rings is 1. The minimum Gasteiger partial charge on any atom is -0.481 e. The summed E-state index contributed by atoms with van der Waals surface area (Å²) < 4.78 is 0. The molecule has 1 atom stereocenters. The molecule has 1 aromatic carbocycles. The summed E-state index contributed by atoms with van der Waals surface area (Å²) in [4.78, 5) is 27.0. The van der Waals surface area contributed by atoms with E-state index in [9.17, 15) is 9.59 Å². The van der Waals surface area contributed by atoms with E-state index in [1.165, 1.54) is 0 Å². The van der Waals surface area contributed by atoms with Crippen LogP contribution in [-0.2, 0) is 9.59 Å². The zero-order chi connectivity index (χ0) is 16.8. The second-order valence-corrected chi connectivity index (χ2v) is 6.52. The number of carboxylic acids is 1. The van der Waals surface area contributed by atoms with Crippen LogP contribution in [0, 0.1) is 5.92 Å². The molecular formula is C17H23ClN2O3. The molecule has 23 heavy (non-hydrogen) atoms. The van der Waals surface area contributed by atoms with E-state index in [1.807, 2.05) is 36.1 Å². The van der Waals surface area contributed by atoms with Gasteiger partial charge in [-0.25, -0.2) is 0 Å². The summed E-state index contributed by atoms with van der Waals surface area (Å²) in [5, 5.41) is 9.46. The van der Waals surface area contributed by atoms with E-state index in [2.05, 4.69) is 4.90 Å². The third kappa shape index (κ3) is 5.43. The minimum atomic E-state index is -0.804. The van der Waals surface area contributed by atoms with Crippen LogP contribution in [0.4, 0.5) is 5.69 Å². The molecule has 126 valence electrons. The number of carbonyl (C=O) groups excluding carboxylic acids is 1. The number of hydrogen-bond acceptors (Lipinski definition) is 3. The standard InChI is InChI=1S/C17H23ClN2O3/c1-13(12-17(22)23)2-7-16(21)20-10-8-19(9-11-20)15-5-3-14(18)4-6-15/h3-6,13H,2,7-12H2,1H3,(H,22,23). The molecular weight excluding hydrogens is 316 g/mol. The van der Waals surface area contributed by atoms with Crippen LogP contribution in [0.25, 0.3) is 0 Å². The molecule has 1 N–H and O–H groups in total. The van der Waals surface area contributed by atoms with Crippen molar-refractivity contribution in [3.8, 4) is 0 Å². The molecule has 1 unspecified atom stereocenters. The largest absolute Gasteiger partial charge is 0.481 e. The average Bonchev–Trinajstić information content (AvgIpc) is 2.53.